The van der Waals surface area contributed by atoms with Gasteiger partial charge in [-0.1, -0.05) is 48.5 Å². The molecule has 1 N–H and O–H groups in total. The van der Waals surface area contributed by atoms with Crippen molar-refractivity contribution in [3.63, 3.8) is 0 Å². The molecule has 1 atom stereocenters. The van der Waals surface area contributed by atoms with E-state index in [1.54, 1.807) is 14.2 Å². The molecule has 25 heavy (non-hydrogen) atoms. The minimum absolute atomic E-state index is 0.198. The van der Waals surface area contributed by atoms with Crippen molar-refractivity contribution in [2.75, 3.05) is 14.2 Å². The molecule has 0 heterocycles. The van der Waals surface area contributed by atoms with Gasteiger partial charge in [0, 0.05) is 44.7 Å². The summed E-state index contributed by atoms with van der Waals surface area (Å²) in [5.74, 6) is 0.510. The number of hydrogen-bond acceptors (Lipinski definition) is 4. The van der Waals surface area contributed by atoms with Crippen molar-refractivity contribution < 1.29 is 14.2 Å². The Balaban J connectivity index is 1.60. The van der Waals surface area contributed by atoms with Crippen LogP contribution in [0.3, 0.4) is 0 Å². The maximum absolute atomic E-state index is 6.07. The minimum atomic E-state index is -0.416. The van der Waals surface area contributed by atoms with E-state index < -0.39 is 5.79 Å². The Bertz CT molecular complexity index is 662. The fourth-order valence-corrected chi connectivity index (χ4v) is 3.37. The summed E-state index contributed by atoms with van der Waals surface area (Å²) in [6, 6.07) is 19.0. The van der Waals surface area contributed by atoms with E-state index in [2.05, 4.69) is 36.5 Å². The van der Waals surface area contributed by atoms with E-state index in [0.717, 1.165) is 18.6 Å². The summed E-state index contributed by atoms with van der Waals surface area (Å²) in [4.78, 5) is 0. The zero-order valence-electron chi connectivity index (χ0n) is 15.2. The summed E-state index contributed by atoms with van der Waals surface area (Å²) >= 11 is 0. The maximum Gasteiger partial charge on any atom is 0.170 e. The summed E-state index contributed by atoms with van der Waals surface area (Å²) in [6.07, 6.45) is 1.72. The van der Waals surface area contributed by atoms with Gasteiger partial charge in [0.25, 0.3) is 0 Å². The lowest BCUT2D eigenvalue weighted by molar-refractivity contribution is -0.260. The average molecular weight is 341 g/mol. The van der Waals surface area contributed by atoms with Crippen molar-refractivity contribution >= 4 is 0 Å². The van der Waals surface area contributed by atoms with Crippen LogP contribution in [0.15, 0.2) is 54.6 Å². The Morgan fingerprint density at radius 1 is 1.00 bits per heavy atom. The molecule has 0 spiro atoms. The van der Waals surface area contributed by atoms with Crippen LogP contribution in [-0.4, -0.2) is 26.0 Å². The third-order valence-electron chi connectivity index (χ3n) is 4.97. The third-order valence-corrected chi connectivity index (χ3v) is 4.97. The van der Waals surface area contributed by atoms with E-state index in [4.69, 9.17) is 14.2 Å². The van der Waals surface area contributed by atoms with Crippen molar-refractivity contribution in [2.24, 2.45) is 0 Å². The number of methoxy groups -OCH3 is 2. The molecule has 0 radical (unpaired) electrons. The van der Waals surface area contributed by atoms with Gasteiger partial charge in [0.15, 0.2) is 5.79 Å². The van der Waals surface area contributed by atoms with Crippen LogP contribution in [0.1, 0.15) is 36.9 Å². The van der Waals surface area contributed by atoms with Crippen LogP contribution in [0.2, 0.25) is 0 Å². The summed E-state index contributed by atoms with van der Waals surface area (Å²) in [6.45, 7) is 2.74. The summed E-state index contributed by atoms with van der Waals surface area (Å²) < 4.78 is 17.0. The second-order valence-corrected chi connectivity index (χ2v) is 6.62. The van der Waals surface area contributed by atoms with Gasteiger partial charge in [0.05, 0.1) is 0 Å². The van der Waals surface area contributed by atoms with E-state index >= 15 is 0 Å². The number of rotatable bonds is 8. The normalized spacial score (nSPS) is 17.7. The van der Waals surface area contributed by atoms with Crippen LogP contribution < -0.4 is 10.1 Å². The van der Waals surface area contributed by atoms with Gasteiger partial charge in [-0.3, -0.25) is 0 Å². The highest BCUT2D eigenvalue weighted by molar-refractivity contribution is 5.36. The molecule has 0 aromatic heterocycles. The molecule has 1 aliphatic carbocycles. The average Bonchev–Trinajstić information content (AvgIpc) is 2.63. The molecule has 134 valence electrons. The number of nitrogens with one attached hydrogen (secondary N) is 1. The zero-order valence-corrected chi connectivity index (χ0v) is 15.2. The van der Waals surface area contributed by atoms with Crippen LogP contribution in [-0.2, 0) is 16.1 Å². The lowest BCUT2D eigenvalue weighted by Crippen LogP contribution is -2.56. The molecule has 0 saturated heterocycles. The van der Waals surface area contributed by atoms with Crippen LogP contribution >= 0.6 is 0 Å². The highest BCUT2D eigenvalue weighted by Crippen LogP contribution is 2.38. The van der Waals surface area contributed by atoms with E-state index in [-0.39, 0.29) is 6.04 Å². The second-order valence-electron chi connectivity index (χ2n) is 6.62. The number of hydrogen-bond donors (Lipinski definition) is 1. The van der Waals surface area contributed by atoms with Gasteiger partial charge in [-0.2, -0.15) is 0 Å². The first-order valence-electron chi connectivity index (χ1n) is 8.78. The Labute approximate surface area is 150 Å². The lowest BCUT2D eigenvalue weighted by atomic mass is 9.84. The molecular weight excluding hydrogens is 314 g/mol. The molecule has 2 aromatic rings. The number of ether oxygens (including phenoxy) is 3. The Morgan fingerprint density at radius 2 is 1.64 bits per heavy atom. The fourth-order valence-electron chi connectivity index (χ4n) is 3.37. The highest BCUT2D eigenvalue weighted by Gasteiger charge is 2.45. The van der Waals surface area contributed by atoms with Crippen LogP contribution in [0, 0.1) is 0 Å². The quantitative estimate of drug-likeness (QED) is 0.735. The van der Waals surface area contributed by atoms with Gasteiger partial charge >= 0.3 is 0 Å². The van der Waals surface area contributed by atoms with Crippen molar-refractivity contribution in [1.82, 2.24) is 5.32 Å². The summed E-state index contributed by atoms with van der Waals surface area (Å²) in [5.41, 5.74) is 2.34. The van der Waals surface area contributed by atoms with Gasteiger partial charge in [0.1, 0.15) is 12.4 Å². The molecule has 4 nitrogen and oxygen atoms in total. The molecule has 1 unspecified atom stereocenters. The molecular formula is C21H27NO3. The zero-order chi connectivity index (χ0) is 17.7. The summed E-state index contributed by atoms with van der Waals surface area (Å²) in [5, 5.41) is 3.65. The van der Waals surface area contributed by atoms with Crippen molar-refractivity contribution in [3.05, 3.63) is 65.7 Å². The Kier molecular flexibility index (Phi) is 5.74. The first kappa shape index (κ1) is 17.9. The Hall–Kier alpha value is -1.88. The lowest BCUT2D eigenvalue weighted by Gasteiger charge is -2.46. The van der Waals surface area contributed by atoms with E-state index in [1.165, 1.54) is 11.1 Å². The van der Waals surface area contributed by atoms with Gasteiger partial charge in [-0.05, 0) is 18.6 Å². The SMILES string of the molecule is COC1(OC)CC(NC(C)c2ccccc2OCc2ccccc2)C1. The molecule has 4 heteroatoms. The molecule has 1 saturated carbocycles. The van der Waals surface area contributed by atoms with Crippen molar-refractivity contribution in [2.45, 2.75) is 44.2 Å². The minimum Gasteiger partial charge on any atom is -0.489 e. The van der Waals surface area contributed by atoms with E-state index in [9.17, 15) is 0 Å². The number of benzene rings is 2. The molecule has 2 aromatic carbocycles. The van der Waals surface area contributed by atoms with Gasteiger partial charge < -0.3 is 19.5 Å². The first-order valence-corrected chi connectivity index (χ1v) is 8.78. The van der Waals surface area contributed by atoms with Crippen LogP contribution in [0.4, 0.5) is 0 Å². The molecule has 0 amide bonds. The van der Waals surface area contributed by atoms with E-state index in [0.29, 0.717) is 12.6 Å². The summed E-state index contributed by atoms with van der Waals surface area (Å²) in [7, 11) is 3.41. The number of para-hydroxylation sites is 1. The van der Waals surface area contributed by atoms with Gasteiger partial charge in [0.2, 0.25) is 0 Å². The van der Waals surface area contributed by atoms with Gasteiger partial charge in [-0.25, -0.2) is 0 Å². The van der Waals surface area contributed by atoms with Crippen molar-refractivity contribution in [1.29, 1.82) is 0 Å². The fraction of sp³-hybridized carbons (Fsp3) is 0.429. The molecule has 1 aliphatic rings. The van der Waals surface area contributed by atoms with Crippen molar-refractivity contribution in [3.8, 4) is 5.75 Å². The van der Waals surface area contributed by atoms with Gasteiger partial charge in [-0.15, -0.1) is 0 Å². The maximum atomic E-state index is 6.07. The monoisotopic (exact) mass is 341 g/mol. The van der Waals surface area contributed by atoms with Crippen LogP contribution in [0.25, 0.3) is 0 Å². The predicted octanol–water partition coefficient (Wildman–Crippen LogP) is 4.07. The largest absolute Gasteiger partial charge is 0.489 e. The Morgan fingerprint density at radius 3 is 2.32 bits per heavy atom. The molecule has 1 fully saturated rings. The molecule has 0 aliphatic heterocycles. The third kappa shape index (κ3) is 4.21. The topological polar surface area (TPSA) is 39.7 Å². The molecule has 3 rings (SSSR count). The smallest absolute Gasteiger partial charge is 0.170 e. The first-order chi connectivity index (χ1) is 12.2. The van der Waals surface area contributed by atoms with E-state index in [1.807, 2.05) is 30.3 Å². The highest BCUT2D eigenvalue weighted by atomic mass is 16.7. The molecule has 0 bridgehead atoms. The standard InChI is InChI=1S/C21H27NO3/c1-16(22-18-13-21(14-18,23-2)24-3)19-11-7-8-12-20(19)25-15-17-9-5-4-6-10-17/h4-12,16,18,22H,13-15H2,1-3H3. The second kappa shape index (κ2) is 8.00. The predicted molar refractivity (Wildman–Crippen MR) is 98.5 cm³/mol. The van der Waals surface area contributed by atoms with Crippen LogP contribution in [0.5, 0.6) is 5.75 Å².